The first-order valence-corrected chi connectivity index (χ1v) is 11.9. The van der Waals surface area contributed by atoms with E-state index in [2.05, 4.69) is 43.4 Å². The molecule has 3 aromatic carbocycles. The average molecular weight is 423 g/mol. The number of hydrogen-bond donors (Lipinski definition) is 1. The van der Waals surface area contributed by atoms with Gasteiger partial charge in [-0.3, -0.25) is 4.57 Å². The molecule has 0 amide bonds. The molecule has 5 heteroatoms. The van der Waals surface area contributed by atoms with Gasteiger partial charge in [-0.15, -0.1) is 0 Å². The van der Waals surface area contributed by atoms with Crippen molar-refractivity contribution in [3.05, 3.63) is 90.0 Å². The van der Waals surface area contributed by atoms with Gasteiger partial charge in [0, 0.05) is 37.9 Å². The van der Waals surface area contributed by atoms with Gasteiger partial charge in [-0.2, -0.15) is 0 Å². The Morgan fingerprint density at radius 3 is 1.90 bits per heavy atom. The molecule has 2 atom stereocenters. The van der Waals surface area contributed by atoms with Crippen LogP contribution in [0.25, 0.3) is 0 Å². The molecule has 0 heterocycles. The van der Waals surface area contributed by atoms with Gasteiger partial charge in [0.1, 0.15) is 5.78 Å². The third-order valence-electron chi connectivity index (χ3n) is 5.33. The average Bonchev–Trinajstić information content (AvgIpc) is 2.78. The molecule has 3 aromatic rings. The Hall–Kier alpha value is -2.55. The highest BCUT2D eigenvalue weighted by Gasteiger charge is 2.37. The summed E-state index contributed by atoms with van der Waals surface area (Å²) in [5, 5.41) is 4.16. The van der Waals surface area contributed by atoms with Crippen molar-refractivity contribution in [1.29, 1.82) is 0 Å². The summed E-state index contributed by atoms with van der Waals surface area (Å²) in [6.45, 7) is 4.34. The molecule has 158 valence electrons. The van der Waals surface area contributed by atoms with Crippen molar-refractivity contribution in [3.63, 3.8) is 0 Å². The number of para-hydroxylation sites is 1. The Balaban J connectivity index is 2.07. The predicted molar refractivity (Wildman–Crippen MR) is 128 cm³/mol. The summed E-state index contributed by atoms with van der Waals surface area (Å²) in [4.78, 5) is 2.02. The maximum atomic E-state index is 14.3. The van der Waals surface area contributed by atoms with Gasteiger partial charge in [-0.05, 0) is 53.4 Å². The number of hydrogen-bond acceptors (Lipinski definition) is 4. The molecule has 0 radical (unpaired) electrons. The van der Waals surface area contributed by atoms with Gasteiger partial charge in [0.15, 0.2) is 0 Å². The first kappa shape index (κ1) is 22.1. The number of nitrogens with one attached hydrogen (secondary N) is 1. The van der Waals surface area contributed by atoms with Crippen LogP contribution in [0.5, 0.6) is 0 Å². The summed E-state index contributed by atoms with van der Waals surface area (Å²) in [6.07, 6.45) is 0. The van der Waals surface area contributed by atoms with Crippen molar-refractivity contribution >= 4 is 24.0 Å². The Kier molecular flexibility index (Phi) is 7.02. The minimum absolute atomic E-state index is 0.437. The van der Waals surface area contributed by atoms with Crippen LogP contribution >= 0.6 is 7.37 Å². The lowest BCUT2D eigenvalue weighted by Crippen LogP contribution is -2.20. The predicted octanol–water partition coefficient (Wildman–Crippen LogP) is 6.24. The third-order valence-corrected chi connectivity index (χ3v) is 8.00. The van der Waals surface area contributed by atoms with E-state index < -0.39 is 13.2 Å². The van der Waals surface area contributed by atoms with Crippen molar-refractivity contribution in [2.45, 2.75) is 25.5 Å². The van der Waals surface area contributed by atoms with E-state index in [1.165, 1.54) is 12.7 Å². The molecule has 4 nitrogen and oxygen atoms in total. The molecule has 0 aliphatic carbocycles. The molecule has 0 spiro atoms. The quantitative estimate of drug-likeness (QED) is 0.437. The largest absolute Gasteiger partial charge is 0.378 e. The minimum atomic E-state index is -3.27. The molecule has 0 aromatic heterocycles. The van der Waals surface area contributed by atoms with E-state index in [4.69, 9.17) is 4.52 Å². The zero-order valence-corrected chi connectivity index (χ0v) is 19.3. The standard InChI is InChI=1S/C25H31N2O2P/c1-19(2)20-11-13-21(14-12-20)25(26-22-9-7-6-8-10-22)30(28,29-5)24-17-15-23(16-18-24)27(3)4/h6-19,25-26H,1-5H3/t25-,30-/m1/s1. The zero-order valence-electron chi connectivity index (χ0n) is 18.4. The summed E-state index contributed by atoms with van der Waals surface area (Å²) in [6, 6.07) is 25.9. The van der Waals surface area contributed by atoms with E-state index in [1.54, 1.807) is 0 Å². The first-order chi connectivity index (χ1) is 14.3. The minimum Gasteiger partial charge on any atom is -0.378 e. The van der Waals surface area contributed by atoms with Crippen molar-refractivity contribution in [1.82, 2.24) is 0 Å². The summed E-state index contributed by atoms with van der Waals surface area (Å²) in [5.41, 5.74) is 4.14. The van der Waals surface area contributed by atoms with Gasteiger partial charge in [0.2, 0.25) is 0 Å². The van der Waals surface area contributed by atoms with Crippen molar-refractivity contribution in [3.8, 4) is 0 Å². The molecule has 0 bridgehead atoms. The van der Waals surface area contributed by atoms with E-state index in [-0.39, 0.29) is 0 Å². The van der Waals surface area contributed by atoms with E-state index in [9.17, 15) is 4.57 Å². The highest BCUT2D eigenvalue weighted by Crippen LogP contribution is 2.58. The summed E-state index contributed by atoms with van der Waals surface area (Å²) in [5.74, 6) is -0.0660. The molecule has 3 rings (SSSR count). The molecule has 0 saturated carbocycles. The molecular formula is C25H31N2O2P. The van der Waals surface area contributed by atoms with Gasteiger partial charge < -0.3 is 14.7 Å². The number of rotatable bonds is 8. The molecule has 0 unspecified atom stereocenters. The fourth-order valence-corrected chi connectivity index (χ4v) is 5.61. The van der Waals surface area contributed by atoms with Gasteiger partial charge in [-0.25, -0.2) is 0 Å². The monoisotopic (exact) mass is 422 g/mol. The van der Waals surface area contributed by atoms with Crippen LogP contribution < -0.4 is 15.5 Å². The smallest absolute Gasteiger partial charge is 0.257 e. The molecule has 30 heavy (non-hydrogen) atoms. The van der Waals surface area contributed by atoms with E-state index in [0.717, 1.165) is 16.9 Å². The topological polar surface area (TPSA) is 41.6 Å². The second-order valence-electron chi connectivity index (χ2n) is 7.92. The first-order valence-electron chi connectivity index (χ1n) is 10.2. The van der Waals surface area contributed by atoms with Crippen LogP contribution in [0.4, 0.5) is 11.4 Å². The lowest BCUT2D eigenvalue weighted by Gasteiger charge is -2.29. The van der Waals surface area contributed by atoms with Crippen LogP contribution in [0.1, 0.15) is 36.7 Å². The summed E-state index contributed by atoms with van der Waals surface area (Å²) >= 11 is 0. The van der Waals surface area contributed by atoms with E-state index >= 15 is 0 Å². The Labute approximate surface area is 180 Å². The number of benzene rings is 3. The Morgan fingerprint density at radius 2 is 1.40 bits per heavy atom. The van der Waals surface area contributed by atoms with Crippen LogP contribution in [0.15, 0.2) is 78.9 Å². The van der Waals surface area contributed by atoms with E-state index in [1.807, 2.05) is 73.6 Å². The highest BCUT2D eigenvalue weighted by molar-refractivity contribution is 7.67. The molecule has 1 N–H and O–H groups in total. The molecule has 0 aliphatic rings. The van der Waals surface area contributed by atoms with Crippen LogP contribution in [0.2, 0.25) is 0 Å². The van der Waals surface area contributed by atoms with Gasteiger partial charge >= 0.3 is 0 Å². The zero-order chi connectivity index (χ0) is 21.7. The molecule has 0 saturated heterocycles. The fraction of sp³-hybridized carbons (Fsp3) is 0.280. The van der Waals surface area contributed by atoms with Gasteiger partial charge in [0.05, 0.1) is 0 Å². The normalized spacial score (nSPS) is 14.2. The summed E-state index contributed by atoms with van der Waals surface area (Å²) < 4.78 is 20.1. The Morgan fingerprint density at radius 1 is 0.833 bits per heavy atom. The maximum Gasteiger partial charge on any atom is 0.257 e. The highest BCUT2D eigenvalue weighted by atomic mass is 31.2. The lowest BCUT2D eigenvalue weighted by atomic mass is 10.0. The van der Waals surface area contributed by atoms with Crippen LogP contribution in [0, 0.1) is 0 Å². The van der Waals surface area contributed by atoms with Crippen LogP contribution in [0.3, 0.4) is 0 Å². The third kappa shape index (κ3) is 4.77. The SMILES string of the molecule is CO[P@](=O)(c1ccc(N(C)C)cc1)[C@@H](Nc1ccccc1)c1ccc(C(C)C)cc1. The van der Waals surface area contributed by atoms with Crippen LogP contribution in [-0.2, 0) is 9.09 Å². The van der Waals surface area contributed by atoms with Crippen molar-refractivity contribution in [2.24, 2.45) is 0 Å². The van der Waals surface area contributed by atoms with Crippen molar-refractivity contribution in [2.75, 3.05) is 31.4 Å². The molecule has 0 aliphatic heterocycles. The summed E-state index contributed by atoms with van der Waals surface area (Å²) in [7, 11) is 2.24. The maximum absolute atomic E-state index is 14.3. The van der Waals surface area contributed by atoms with Gasteiger partial charge in [0.25, 0.3) is 7.37 Å². The molecular weight excluding hydrogens is 391 g/mol. The number of anilines is 2. The second kappa shape index (κ2) is 9.51. The number of nitrogens with zero attached hydrogens (tertiary/aromatic N) is 1. The van der Waals surface area contributed by atoms with Crippen molar-refractivity contribution < 1.29 is 9.09 Å². The molecule has 0 fully saturated rings. The Bertz CT molecular complexity index is 984. The van der Waals surface area contributed by atoms with E-state index in [0.29, 0.717) is 11.2 Å². The lowest BCUT2D eigenvalue weighted by molar-refractivity contribution is 0.396. The second-order valence-corrected chi connectivity index (χ2v) is 10.5. The van der Waals surface area contributed by atoms with Gasteiger partial charge in [-0.1, -0.05) is 56.3 Å². The fourth-order valence-electron chi connectivity index (χ4n) is 3.44. The van der Waals surface area contributed by atoms with Crippen LogP contribution in [-0.4, -0.2) is 21.2 Å².